The molecule has 11 heteroatoms. The van der Waals surface area contributed by atoms with Crippen molar-refractivity contribution in [1.29, 1.82) is 0 Å². The van der Waals surface area contributed by atoms with E-state index in [1.807, 2.05) is 44.2 Å². The number of unbranched alkanes of at least 4 members (excludes halogenated alkanes) is 2. The zero-order valence-electron chi connectivity index (χ0n) is 24.7. The quantitative estimate of drug-likeness (QED) is 0.228. The molecule has 0 radical (unpaired) electrons. The number of hydrogen-bond acceptors (Lipinski definition) is 7. The van der Waals surface area contributed by atoms with Gasteiger partial charge in [-0.05, 0) is 43.6 Å². The third kappa shape index (κ3) is 9.09. The molecule has 1 aromatic rings. The number of carbonyl (C=O) groups is 5. The summed E-state index contributed by atoms with van der Waals surface area (Å²) in [6.45, 7) is 3.62. The van der Waals surface area contributed by atoms with Gasteiger partial charge < -0.3 is 31.1 Å². The van der Waals surface area contributed by atoms with Gasteiger partial charge in [0.05, 0.1) is 6.61 Å². The van der Waals surface area contributed by atoms with Crippen LogP contribution in [-0.2, 0) is 30.4 Å². The first kappa shape index (κ1) is 33.2. The van der Waals surface area contributed by atoms with Gasteiger partial charge in [0.25, 0.3) is 0 Å². The molecular formula is C31H46N4O7. The molecule has 2 fully saturated rings. The second-order valence-corrected chi connectivity index (χ2v) is 11.5. The Labute approximate surface area is 247 Å². The minimum atomic E-state index is -1.39. The lowest BCUT2D eigenvalue weighted by Gasteiger charge is -2.39. The molecule has 2 heterocycles. The molecule has 5 N–H and O–H groups in total. The van der Waals surface area contributed by atoms with Crippen LogP contribution in [0.1, 0.15) is 77.2 Å². The zero-order chi connectivity index (χ0) is 30.6. The molecule has 42 heavy (non-hydrogen) atoms. The van der Waals surface area contributed by atoms with Crippen LogP contribution in [0, 0.1) is 5.92 Å². The standard InChI is InChI=1S/C31H46N4O7/c1-3-20(2)27-31(42)35-17-11-10-15-24(35)30(41)32-22(14-8-5-9-16-25(37)26(38)19-36)28(39)33-23(29(40)34-27)18-21-12-6-4-7-13-21/h4,6-7,12-13,20,22-24,26-27,36,38H,3,5,8-11,14-19H2,1-2H3,(H,32,41)(H,33,39)(H,34,40)/t20-,22-,23-,24+,26-,27-/m0/s1. The third-order valence-corrected chi connectivity index (χ3v) is 8.37. The van der Waals surface area contributed by atoms with E-state index in [9.17, 15) is 29.1 Å². The van der Waals surface area contributed by atoms with Crippen LogP contribution in [0.25, 0.3) is 0 Å². The largest absolute Gasteiger partial charge is 0.393 e. The maximum absolute atomic E-state index is 13.8. The first-order chi connectivity index (χ1) is 20.2. The Balaban J connectivity index is 1.85. The molecule has 2 saturated heterocycles. The van der Waals surface area contributed by atoms with Crippen LogP contribution >= 0.6 is 0 Å². The van der Waals surface area contributed by atoms with E-state index < -0.39 is 54.5 Å². The van der Waals surface area contributed by atoms with E-state index >= 15 is 0 Å². The van der Waals surface area contributed by atoms with Crippen LogP contribution in [-0.4, -0.2) is 87.9 Å². The Morgan fingerprint density at radius 1 is 0.952 bits per heavy atom. The molecular weight excluding hydrogens is 540 g/mol. The maximum atomic E-state index is 13.8. The summed E-state index contributed by atoms with van der Waals surface area (Å²) < 4.78 is 0. The first-order valence-corrected chi connectivity index (χ1v) is 15.2. The monoisotopic (exact) mass is 586 g/mol. The van der Waals surface area contributed by atoms with Crippen LogP contribution in [0.4, 0.5) is 0 Å². The Morgan fingerprint density at radius 2 is 1.64 bits per heavy atom. The Morgan fingerprint density at radius 3 is 2.33 bits per heavy atom. The Kier molecular flexibility index (Phi) is 12.9. The topological polar surface area (TPSA) is 165 Å². The number of benzene rings is 1. The molecule has 0 bridgehead atoms. The van der Waals surface area contributed by atoms with Crippen molar-refractivity contribution in [2.75, 3.05) is 13.2 Å². The molecule has 232 valence electrons. The van der Waals surface area contributed by atoms with Crippen LogP contribution in [0.5, 0.6) is 0 Å². The summed E-state index contributed by atoms with van der Waals surface area (Å²) in [5, 5.41) is 27.0. The predicted octanol–water partition coefficient (Wildman–Crippen LogP) is 0.997. The van der Waals surface area contributed by atoms with Crippen LogP contribution in [0.3, 0.4) is 0 Å². The van der Waals surface area contributed by atoms with E-state index in [4.69, 9.17) is 5.11 Å². The van der Waals surface area contributed by atoms with E-state index in [0.29, 0.717) is 38.6 Å². The average molecular weight is 587 g/mol. The lowest BCUT2D eigenvalue weighted by molar-refractivity contribution is -0.147. The lowest BCUT2D eigenvalue weighted by atomic mass is 9.93. The summed E-state index contributed by atoms with van der Waals surface area (Å²) in [6, 6.07) is 5.81. The van der Waals surface area contributed by atoms with Gasteiger partial charge in [-0.3, -0.25) is 24.0 Å². The summed E-state index contributed by atoms with van der Waals surface area (Å²) in [4.78, 5) is 68.1. The highest BCUT2D eigenvalue weighted by molar-refractivity contribution is 5.97. The molecule has 1 aromatic carbocycles. The van der Waals surface area contributed by atoms with Crippen molar-refractivity contribution in [3.63, 3.8) is 0 Å². The smallest absolute Gasteiger partial charge is 0.246 e. The molecule has 11 nitrogen and oxygen atoms in total. The lowest BCUT2D eigenvalue weighted by Crippen LogP contribution is -2.64. The summed E-state index contributed by atoms with van der Waals surface area (Å²) in [5.74, 6) is -2.23. The van der Waals surface area contributed by atoms with Gasteiger partial charge in [-0.1, -0.05) is 63.4 Å². The number of aliphatic hydroxyl groups excluding tert-OH is 2. The molecule has 0 spiro atoms. The number of carbonyl (C=O) groups excluding carboxylic acids is 5. The minimum Gasteiger partial charge on any atom is -0.393 e. The molecule has 0 unspecified atom stereocenters. The second-order valence-electron chi connectivity index (χ2n) is 11.5. The van der Waals surface area contributed by atoms with Crippen molar-refractivity contribution < 1.29 is 34.2 Å². The van der Waals surface area contributed by atoms with Gasteiger partial charge >= 0.3 is 0 Å². The van der Waals surface area contributed by atoms with E-state index in [2.05, 4.69) is 16.0 Å². The van der Waals surface area contributed by atoms with Gasteiger partial charge in [0, 0.05) is 19.4 Å². The first-order valence-electron chi connectivity index (χ1n) is 15.2. The van der Waals surface area contributed by atoms with Crippen molar-refractivity contribution in [1.82, 2.24) is 20.9 Å². The Hall–Kier alpha value is -3.31. The number of nitrogens with zero attached hydrogens (tertiary/aromatic N) is 1. The minimum absolute atomic E-state index is 0.0980. The van der Waals surface area contributed by atoms with Gasteiger partial charge in [-0.25, -0.2) is 0 Å². The average Bonchev–Trinajstić information content (AvgIpc) is 3.01. The van der Waals surface area contributed by atoms with E-state index in [-0.39, 0.29) is 37.0 Å². The number of fused-ring (bicyclic) bond motifs is 1. The molecule has 4 amide bonds. The van der Waals surface area contributed by atoms with Crippen molar-refractivity contribution in [3.8, 4) is 0 Å². The van der Waals surface area contributed by atoms with Gasteiger partial charge in [0.2, 0.25) is 23.6 Å². The number of amides is 4. The third-order valence-electron chi connectivity index (χ3n) is 8.37. The summed E-state index contributed by atoms with van der Waals surface area (Å²) >= 11 is 0. The fraction of sp³-hybridized carbons (Fsp3) is 0.645. The predicted molar refractivity (Wildman–Crippen MR) is 156 cm³/mol. The van der Waals surface area contributed by atoms with Crippen LogP contribution < -0.4 is 16.0 Å². The SMILES string of the molecule is CC[C@H](C)[C@@H]1NC(=O)[C@H](Cc2ccccc2)NC(=O)[C@H](CCCCCC(=O)[C@@H](O)CO)NC(=O)[C@H]2CCCCN2C1=O. The number of piperidine rings is 1. The molecule has 2 aliphatic heterocycles. The van der Waals surface area contributed by atoms with Gasteiger partial charge in [0.1, 0.15) is 30.3 Å². The number of Topliss-reactive ketones (excluding diaryl/α,β-unsaturated/α-hetero) is 1. The van der Waals surface area contributed by atoms with E-state index in [1.54, 1.807) is 4.90 Å². The molecule has 0 saturated carbocycles. The maximum Gasteiger partial charge on any atom is 0.246 e. The van der Waals surface area contributed by atoms with Crippen LogP contribution in [0.2, 0.25) is 0 Å². The fourth-order valence-electron chi connectivity index (χ4n) is 5.54. The highest BCUT2D eigenvalue weighted by atomic mass is 16.3. The summed E-state index contributed by atoms with van der Waals surface area (Å²) in [5.41, 5.74) is 0.836. The number of hydrogen-bond donors (Lipinski definition) is 5. The highest BCUT2D eigenvalue weighted by Crippen LogP contribution is 2.22. The van der Waals surface area contributed by atoms with Gasteiger partial charge in [-0.2, -0.15) is 0 Å². The molecule has 2 aliphatic rings. The molecule has 6 atom stereocenters. The zero-order valence-corrected chi connectivity index (χ0v) is 24.7. The van der Waals surface area contributed by atoms with Gasteiger partial charge in [0.15, 0.2) is 5.78 Å². The van der Waals surface area contributed by atoms with E-state index in [1.165, 1.54) is 0 Å². The van der Waals surface area contributed by atoms with Crippen molar-refractivity contribution in [2.45, 2.75) is 108 Å². The number of rotatable bonds is 12. The fourth-order valence-corrected chi connectivity index (χ4v) is 5.54. The van der Waals surface area contributed by atoms with Crippen LogP contribution in [0.15, 0.2) is 30.3 Å². The van der Waals surface area contributed by atoms with Gasteiger partial charge in [-0.15, -0.1) is 0 Å². The molecule has 3 rings (SSSR count). The summed E-state index contributed by atoms with van der Waals surface area (Å²) in [7, 11) is 0. The molecule has 0 aromatic heterocycles. The van der Waals surface area contributed by atoms with E-state index in [0.717, 1.165) is 18.4 Å². The van der Waals surface area contributed by atoms with Crippen molar-refractivity contribution in [3.05, 3.63) is 35.9 Å². The second kappa shape index (κ2) is 16.4. The highest BCUT2D eigenvalue weighted by Gasteiger charge is 2.40. The number of nitrogens with one attached hydrogen (secondary N) is 3. The molecule has 0 aliphatic carbocycles. The number of aliphatic hydroxyl groups is 2. The Bertz CT molecular complexity index is 1080. The van der Waals surface area contributed by atoms with Crippen molar-refractivity contribution >= 4 is 29.4 Å². The summed E-state index contributed by atoms with van der Waals surface area (Å²) in [6.07, 6.45) is 3.33. The number of ketones is 1. The normalized spacial score (nSPS) is 25.2. The van der Waals surface area contributed by atoms with Crippen molar-refractivity contribution in [2.24, 2.45) is 5.92 Å².